The number of halogens is 2. The van der Waals surface area contributed by atoms with Crippen molar-refractivity contribution in [2.75, 3.05) is 19.5 Å². The van der Waals surface area contributed by atoms with Crippen molar-refractivity contribution in [3.8, 4) is 28.1 Å². The maximum atomic E-state index is 14.2. The summed E-state index contributed by atoms with van der Waals surface area (Å²) >= 11 is 0. The lowest BCUT2D eigenvalue weighted by molar-refractivity contribution is -0.143. The number of hydrogen-bond acceptors (Lipinski definition) is 7. The lowest BCUT2D eigenvalue weighted by Gasteiger charge is -2.20. The monoisotopic (exact) mass is 621 g/mol. The van der Waals surface area contributed by atoms with Gasteiger partial charge in [0.25, 0.3) is 5.91 Å². The highest BCUT2D eigenvalue weighted by Crippen LogP contribution is 2.43. The van der Waals surface area contributed by atoms with Crippen LogP contribution in [0.4, 0.5) is 14.6 Å². The maximum absolute atomic E-state index is 14.2. The number of ether oxygens (including phenoxy) is 2. The topological polar surface area (TPSA) is 123 Å². The molecule has 0 aliphatic rings. The Kier molecular flexibility index (Phi) is 11.0. The smallest absolute Gasteiger partial charge is 0.308 e. The number of aliphatic hydroxyl groups excluding tert-OH is 2. The highest BCUT2D eigenvalue weighted by molar-refractivity contribution is 6.10. The Hall–Kier alpha value is -4.61. The summed E-state index contributed by atoms with van der Waals surface area (Å²) < 4.78 is 39.8. The van der Waals surface area contributed by atoms with Crippen LogP contribution in [0.5, 0.6) is 5.88 Å². The summed E-state index contributed by atoms with van der Waals surface area (Å²) in [5.74, 6) is -1.42. The second kappa shape index (κ2) is 14.9. The second-order valence-corrected chi connectivity index (χ2v) is 10.9. The van der Waals surface area contributed by atoms with Crippen molar-refractivity contribution in [3.63, 3.8) is 0 Å². The van der Waals surface area contributed by atoms with Gasteiger partial charge in [0.1, 0.15) is 23.1 Å². The molecule has 2 aromatic carbocycles. The van der Waals surface area contributed by atoms with Crippen LogP contribution in [-0.4, -0.2) is 58.1 Å². The van der Waals surface area contributed by atoms with Crippen molar-refractivity contribution < 1.29 is 38.1 Å². The molecular formula is C34H37F2N3O6. The Bertz CT molecular complexity index is 1620. The molecule has 238 valence electrons. The van der Waals surface area contributed by atoms with Gasteiger partial charge in [-0.15, -0.1) is 0 Å². The standard InChI is InChI=1S/C34H37F2N3O6/c1-20(2)39-27(17-16-25(40)18-26(41)19-30(42)45-4)31(21-8-12-23(35)13-9-21)32(22-10-14-24(36)15-11-22)33(39)34(43)38-28-6-5-7-29(37-28)44-3/h5-15,20,25-26,40-41H,16-19H2,1-4H3,(H,37,38,43)/t25-,26-/m1/s1. The molecular weight excluding hydrogens is 584 g/mol. The third-order valence-electron chi connectivity index (χ3n) is 7.37. The lowest BCUT2D eigenvalue weighted by atomic mass is 9.92. The first-order chi connectivity index (χ1) is 21.5. The molecule has 0 aliphatic carbocycles. The Morgan fingerprint density at radius 1 is 0.889 bits per heavy atom. The van der Waals surface area contributed by atoms with Gasteiger partial charge in [0, 0.05) is 28.9 Å². The number of carbonyl (C=O) groups excluding carboxylic acids is 2. The van der Waals surface area contributed by atoms with Gasteiger partial charge in [0.2, 0.25) is 5.88 Å². The molecule has 2 aromatic heterocycles. The molecule has 3 N–H and O–H groups in total. The fraction of sp³-hybridized carbons (Fsp3) is 0.324. The van der Waals surface area contributed by atoms with Crippen LogP contribution in [0.1, 0.15) is 55.3 Å². The zero-order chi connectivity index (χ0) is 32.7. The number of rotatable bonds is 13. The molecule has 0 saturated carbocycles. The van der Waals surface area contributed by atoms with E-state index in [1.54, 1.807) is 42.5 Å². The molecule has 11 heteroatoms. The molecule has 0 spiro atoms. The molecule has 9 nitrogen and oxygen atoms in total. The lowest BCUT2D eigenvalue weighted by Crippen LogP contribution is -2.23. The van der Waals surface area contributed by atoms with Gasteiger partial charge >= 0.3 is 5.97 Å². The number of hydrogen-bond donors (Lipinski definition) is 3. The molecule has 0 radical (unpaired) electrons. The van der Waals surface area contributed by atoms with Crippen molar-refractivity contribution in [2.24, 2.45) is 0 Å². The van der Waals surface area contributed by atoms with Gasteiger partial charge in [-0.1, -0.05) is 30.3 Å². The van der Waals surface area contributed by atoms with E-state index in [-0.39, 0.29) is 43.2 Å². The molecule has 0 aliphatic heterocycles. The van der Waals surface area contributed by atoms with E-state index in [0.717, 1.165) is 0 Å². The highest BCUT2D eigenvalue weighted by atomic mass is 19.1. The molecule has 2 atom stereocenters. The van der Waals surface area contributed by atoms with Crippen molar-refractivity contribution in [1.29, 1.82) is 0 Å². The Labute approximate surface area is 260 Å². The quantitative estimate of drug-likeness (QED) is 0.158. The van der Waals surface area contributed by atoms with Gasteiger partial charge < -0.3 is 29.6 Å². The van der Waals surface area contributed by atoms with E-state index in [1.165, 1.54) is 38.5 Å². The molecule has 2 heterocycles. The van der Waals surface area contributed by atoms with E-state index in [0.29, 0.717) is 33.8 Å². The largest absolute Gasteiger partial charge is 0.481 e. The van der Waals surface area contributed by atoms with Gasteiger partial charge in [0.15, 0.2) is 0 Å². The Balaban J connectivity index is 1.89. The predicted molar refractivity (Wildman–Crippen MR) is 166 cm³/mol. The molecule has 45 heavy (non-hydrogen) atoms. The van der Waals surface area contributed by atoms with Crippen molar-refractivity contribution in [1.82, 2.24) is 9.55 Å². The first-order valence-electron chi connectivity index (χ1n) is 14.6. The second-order valence-electron chi connectivity index (χ2n) is 10.9. The normalized spacial score (nSPS) is 12.6. The summed E-state index contributed by atoms with van der Waals surface area (Å²) in [5, 5.41) is 24.0. The zero-order valence-corrected chi connectivity index (χ0v) is 25.6. The van der Waals surface area contributed by atoms with Crippen LogP contribution in [0.2, 0.25) is 0 Å². The average molecular weight is 622 g/mol. The summed E-state index contributed by atoms with van der Waals surface area (Å²) in [6, 6.07) is 16.3. The van der Waals surface area contributed by atoms with Crippen LogP contribution in [-0.2, 0) is 16.0 Å². The maximum Gasteiger partial charge on any atom is 0.308 e. The number of carbonyl (C=O) groups is 2. The van der Waals surface area contributed by atoms with Crippen molar-refractivity contribution in [2.45, 2.75) is 57.8 Å². The predicted octanol–water partition coefficient (Wildman–Crippen LogP) is 5.94. The fourth-order valence-corrected chi connectivity index (χ4v) is 5.37. The van der Waals surface area contributed by atoms with Crippen molar-refractivity contribution in [3.05, 3.63) is 89.8 Å². The van der Waals surface area contributed by atoms with E-state index in [4.69, 9.17) is 4.74 Å². The van der Waals surface area contributed by atoms with Crippen LogP contribution in [0.3, 0.4) is 0 Å². The number of amides is 1. The van der Waals surface area contributed by atoms with Crippen LogP contribution in [0.25, 0.3) is 22.3 Å². The van der Waals surface area contributed by atoms with E-state index in [1.807, 2.05) is 18.4 Å². The van der Waals surface area contributed by atoms with Crippen LogP contribution < -0.4 is 10.1 Å². The molecule has 0 unspecified atom stereocenters. The molecule has 0 bridgehead atoms. The van der Waals surface area contributed by atoms with E-state index < -0.39 is 35.7 Å². The first kappa shape index (κ1) is 33.3. The Morgan fingerprint density at radius 2 is 1.49 bits per heavy atom. The highest BCUT2D eigenvalue weighted by Gasteiger charge is 2.31. The first-order valence-corrected chi connectivity index (χ1v) is 14.6. The van der Waals surface area contributed by atoms with Crippen LogP contribution >= 0.6 is 0 Å². The van der Waals surface area contributed by atoms with Gasteiger partial charge in [-0.3, -0.25) is 9.59 Å². The summed E-state index contributed by atoms with van der Waals surface area (Å²) in [6.45, 7) is 3.81. The van der Waals surface area contributed by atoms with E-state index in [9.17, 15) is 28.6 Å². The van der Waals surface area contributed by atoms with E-state index in [2.05, 4.69) is 15.0 Å². The SMILES string of the molecule is COC(=O)C[C@H](O)C[C@H](O)CCc1c(-c2ccc(F)cc2)c(-c2ccc(F)cc2)c(C(=O)Nc2cccc(OC)n2)n1C(C)C. The third-order valence-corrected chi connectivity index (χ3v) is 7.37. The molecule has 1 amide bonds. The molecule has 4 aromatic rings. The number of anilines is 1. The number of esters is 1. The number of nitrogens with one attached hydrogen (secondary N) is 1. The average Bonchev–Trinajstić information content (AvgIpc) is 3.36. The fourth-order valence-electron chi connectivity index (χ4n) is 5.37. The minimum absolute atomic E-state index is 0.0664. The van der Waals surface area contributed by atoms with Crippen molar-refractivity contribution >= 4 is 17.7 Å². The minimum atomic E-state index is -1.10. The number of benzene rings is 2. The van der Waals surface area contributed by atoms with E-state index >= 15 is 0 Å². The molecule has 0 fully saturated rings. The molecule has 4 rings (SSSR count). The van der Waals surface area contributed by atoms with Gasteiger partial charge in [-0.2, -0.15) is 4.98 Å². The summed E-state index contributed by atoms with van der Waals surface area (Å²) in [5.41, 5.74) is 3.19. The summed E-state index contributed by atoms with van der Waals surface area (Å²) in [7, 11) is 2.69. The Morgan fingerprint density at radius 3 is 2.04 bits per heavy atom. The minimum Gasteiger partial charge on any atom is -0.481 e. The van der Waals surface area contributed by atoms with Crippen LogP contribution in [0.15, 0.2) is 66.7 Å². The number of pyridine rings is 1. The molecule has 0 saturated heterocycles. The van der Waals surface area contributed by atoms with Gasteiger partial charge in [-0.25, -0.2) is 8.78 Å². The zero-order valence-electron chi connectivity index (χ0n) is 25.6. The number of nitrogens with zero attached hydrogens (tertiary/aromatic N) is 2. The summed E-state index contributed by atoms with van der Waals surface area (Å²) in [6.07, 6.45) is -2.00. The van der Waals surface area contributed by atoms with Gasteiger partial charge in [-0.05, 0) is 74.6 Å². The number of methoxy groups -OCH3 is 2. The summed E-state index contributed by atoms with van der Waals surface area (Å²) in [4.78, 5) is 30.1. The van der Waals surface area contributed by atoms with Crippen LogP contribution in [0, 0.1) is 11.6 Å². The number of aliphatic hydroxyl groups is 2. The third kappa shape index (κ3) is 8.11. The number of aromatic nitrogens is 2. The van der Waals surface area contributed by atoms with Gasteiger partial charge in [0.05, 0.1) is 32.8 Å².